The lowest BCUT2D eigenvalue weighted by Crippen LogP contribution is -2.67. The van der Waals surface area contributed by atoms with Crippen LogP contribution in [0, 0.1) is 28.1 Å². The molecule has 0 spiro atoms. The Bertz CT molecular complexity index is 2690. The van der Waals surface area contributed by atoms with Crippen molar-refractivity contribution >= 4 is 102 Å². The van der Waals surface area contributed by atoms with Crippen molar-refractivity contribution in [2.45, 2.75) is 191 Å². The molecule has 1 radical (unpaired) electrons. The highest BCUT2D eigenvalue weighted by molar-refractivity contribution is 7.80. The van der Waals surface area contributed by atoms with Gasteiger partial charge in [-0.3, -0.25) is 73.8 Å². The summed E-state index contributed by atoms with van der Waals surface area (Å²) in [6.07, 6.45) is 3.79. The number of aliphatic carboxylic acids is 1. The van der Waals surface area contributed by atoms with E-state index >= 15 is 9.59 Å². The molecule has 1 aliphatic carbocycles. The number of amides is 9. The summed E-state index contributed by atoms with van der Waals surface area (Å²) >= 11 is 4.29. The van der Waals surface area contributed by atoms with Gasteiger partial charge >= 0.3 is 5.97 Å². The Kier molecular flexibility index (Phi) is 36.0. The molecule has 0 saturated heterocycles. The van der Waals surface area contributed by atoms with E-state index in [1.54, 1.807) is 58.0 Å². The first-order valence-electron chi connectivity index (χ1n) is 31.0. The molecule has 2 rings (SSSR count). The third-order valence-electron chi connectivity index (χ3n) is 15.6. The Labute approximate surface area is 542 Å². The normalized spacial score (nSPS) is 15.7. The monoisotopic (exact) mass is 1310 g/mol. The van der Waals surface area contributed by atoms with E-state index in [1.165, 1.54) is 11.8 Å². The Morgan fingerprint density at radius 2 is 1.09 bits per heavy atom. The van der Waals surface area contributed by atoms with Gasteiger partial charge in [0.05, 0.1) is 25.6 Å². The molecule has 1 aromatic rings. The van der Waals surface area contributed by atoms with Crippen molar-refractivity contribution in [3.63, 3.8) is 0 Å². The second-order valence-corrected chi connectivity index (χ2v) is 23.3. The van der Waals surface area contributed by atoms with Crippen molar-refractivity contribution in [3.05, 3.63) is 35.9 Å². The number of thiol groups is 1. The summed E-state index contributed by atoms with van der Waals surface area (Å²) in [7, 11) is 0. The van der Waals surface area contributed by atoms with Crippen LogP contribution in [0.15, 0.2) is 30.3 Å². The van der Waals surface area contributed by atoms with E-state index in [0.717, 1.165) is 6.42 Å². The van der Waals surface area contributed by atoms with Gasteiger partial charge in [-0.2, -0.15) is 12.6 Å². The number of carbonyl (C=O) groups excluding carboxylic acids is 11. The molecule has 0 aliphatic heterocycles. The number of benzene rings is 1. The van der Waals surface area contributed by atoms with E-state index in [1.807, 2.05) is 6.29 Å². The molecule has 9 amide bonds. The zero-order valence-electron chi connectivity index (χ0n) is 53.3. The number of hydrogen-bond donors (Lipinski definition) is 20. The molecule has 32 nitrogen and oxygen atoms in total. The number of carboxylic acids is 1. The Hall–Kier alpha value is -8.62. The molecule has 10 atom stereocenters. The van der Waals surface area contributed by atoms with Gasteiger partial charge in [-0.05, 0) is 81.4 Å². The van der Waals surface area contributed by atoms with Gasteiger partial charge in [0.1, 0.15) is 36.3 Å². The quantitative estimate of drug-likeness (QED) is 0.0102. The molecule has 1 aromatic carbocycles. The lowest BCUT2D eigenvalue weighted by Gasteiger charge is -2.46. The summed E-state index contributed by atoms with van der Waals surface area (Å²) in [4.78, 5) is 167. The highest BCUT2D eigenvalue weighted by Crippen LogP contribution is 2.33. The topological polar surface area (TPSA) is 536 Å². The van der Waals surface area contributed by atoms with E-state index in [9.17, 15) is 53.1 Å². The number of Topliss-reactive ketones (excluding diaryl/α,β-unsaturated/α-hetero) is 1. The van der Waals surface area contributed by atoms with Gasteiger partial charge in [0.2, 0.25) is 59.5 Å². The van der Waals surface area contributed by atoms with Crippen molar-refractivity contribution < 1.29 is 62.6 Å². The number of nitrogens with one attached hydrogen (secondary N) is 14. The molecular weight excluding hydrogens is 1210 g/mol. The van der Waals surface area contributed by atoms with Crippen molar-refractivity contribution in [2.75, 3.05) is 38.5 Å². The summed E-state index contributed by atoms with van der Waals surface area (Å²) in [5, 5.41) is 60.9. The first-order chi connectivity index (χ1) is 43.5. The maximum absolute atomic E-state index is 15.6. The second kappa shape index (κ2) is 41.7. The predicted molar refractivity (Wildman–Crippen MR) is 346 cm³/mol. The average Bonchev–Trinajstić information content (AvgIpc) is 0.781. The van der Waals surface area contributed by atoms with E-state index in [2.05, 4.69) is 71.1 Å². The molecule has 1 fully saturated rings. The number of carboxylic acid groups (broad SMARTS) is 1. The van der Waals surface area contributed by atoms with Gasteiger partial charge in [0, 0.05) is 38.5 Å². The molecule has 513 valence electrons. The summed E-state index contributed by atoms with van der Waals surface area (Å²) in [5.41, 5.74) is 20.4. The van der Waals surface area contributed by atoms with E-state index in [4.69, 9.17) is 39.2 Å². The molecule has 1 saturated carbocycles. The molecular formula is C59H98N19O13S. The molecule has 33 heteroatoms. The van der Waals surface area contributed by atoms with Crippen LogP contribution in [0.4, 0.5) is 0 Å². The van der Waals surface area contributed by atoms with Gasteiger partial charge in [0.25, 0.3) is 0 Å². The first-order valence-corrected chi connectivity index (χ1v) is 31.7. The minimum Gasteiger partial charge on any atom is -0.481 e. The van der Waals surface area contributed by atoms with Crippen LogP contribution in [0.25, 0.3) is 0 Å². The van der Waals surface area contributed by atoms with Crippen LogP contribution in [0.2, 0.25) is 0 Å². The highest BCUT2D eigenvalue weighted by atomic mass is 32.1. The van der Waals surface area contributed by atoms with Crippen LogP contribution in [0.3, 0.4) is 0 Å². The van der Waals surface area contributed by atoms with Crippen molar-refractivity contribution in [2.24, 2.45) is 34.8 Å². The molecule has 92 heavy (non-hydrogen) atoms. The highest BCUT2D eigenvalue weighted by Gasteiger charge is 2.51. The fraction of sp³-hybridized carbons (Fsp3) is 0.644. The maximum atomic E-state index is 15.6. The number of carbonyl (C=O) groups is 11. The third-order valence-corrected chi connectivity index (χ3v) is 15.8. The van der Waals surface area contributed by atoms with Gasteiger partial charge in [-0.15, -0.1) is 0 Å². The summed E-state index contributed by atoms with van der Waals surface area (Å²) in [6.45, 7) is 7.04. The summed E-state index contributed by atoms with van der Waals surface area (Å²) in [5.74, 6) is -12.7. The number of rotatable bonds is 43. The zero-order valence-corrected chi connectivity index (χ0v) is 54.2. The minimum atomic E-state index is -2.15. The van der Waals surface area contributed by atoms with Crippen LogP contribution in [0.1, 0.15) is 136 Å². The lowest BCUT2D eigenvalue weighted by molar-refractivity contribution is -0.150. The smallest absolute Gasteiger partial charge is 0.305 e. The molecule has 0 unspecified atom stereocenters. The van der Waals surface area contributed by atoms with Crippen LogP contribution < -0.4 is 81.4 Å². The maximum Gasteiger partial charge on any atom is 0.305 e. The molecule has 23 N–H and O–H groups in total. The number of nitrogens with zero attached hydrogens (tertiary/aromatic N) is 1. The summed E-state index contributed by atoms with van der Waals surface area (Å²) < 4.78 is 0. The number of nitrogens with two attached hydrogens (primary N) is 4. The van der Waals surface area contributed by atoms with Gasteiger partial charge in [0.15, 0.2) is 29.2 Å². The number of hydrogen-bond acceptors (Lipinski definition) is 17. The van der Waals surface area contributed by atoms with E-state index in [0.29, 0.717) is 31.2 Å². The minimum absolute atomic E-state index is 0.00233. The largest absolute Gasteiger partial charge is 0.481 e. The van der Waals surface area contributed by atoms with Gasteiger partial charge < -0.3 is 91.4 Å². The van der Waals surface area contributed by atoms with Crippen LogP contribution >= 0.6 is 12.6 Å². The van der Waals surface area contributed by atoms with Crippen LogP contribution in [-0.4, -0.2) is 191 Å². The first kappa shape index (κ1) is 79.5. The third kappa shape index (κ3) is 27.9. The van der Waals surface area contributed by atoms with Crippen molar-refractivity contribution in [3.8, 4) is 0 Å². The molecule has 1 aliphatic rings. The SMILES string of the molecule is CC[C@H](C)[C@H](NC(=O)[C@H](CCCNC(=N)N)NC(=O)CNC(=O)CNC(=O)[C@H](C)N)C(=O)N[C@@H](CC(=O)O)C(=O)N[C@@H](CCCNC(=N)N)C(=O)N[C@H](C(=O)N[C@@H](Cc1ccccc1)C(=O)N(C1CCCCC1)[C@]([C]=O)(CCCNC(=N)N)C(=O)CCS)[C@@H](C)CC. The van der Waals surface area contributed by atoms with E-state index < -0.39 is 156 Å². The predicted octanol–water partition coefficient (Wildman–Crippen LogP) is -3.03. The fourth-order valence-corrected chi connectivity index (χ4v) is 10.4. The molecule has 0 bridgehead atoms. The second-order valence-electron chi connectivity index (χ2n) is 22.9. The number of guanidine groups is 3. The lowest BCUT2D eigenvalue weighted by atomic mass is 9.81. The molecule has 0 aromatic heterocycles. The standard InChI is InChI=1S/C59H98N19O13S/c1-6-34(3)47(76-50(86)39(21-14-25-67-56(61)62)72-45(82)32-70-44(81)31-71-49(85)36(5)60)53(89)74-41(30-46(83)84)52(88)73-40(22-15-26-68-57(63)64)51(87)77-48(35(4)7-2)54(90)75-42(29-37-17-10-8-11-18-37)55(91)78(38-19-12-9-13-20-38)59(33-79,43(80)23-28-92)24-16-27-69-58(65)66/h8,10-11,17-18,34-36,38-42,47-48,92H,6-7,9,12-16,19-32,60H2,1-5H3,(H,70,81)(H,71,85)(H,72,82)(H,73,88)(H,74,89)(H,75,90)(H,76,86)(H,77,87)(H,83,84)(H4,61,62,67)(H4,63,64,68)(H4,65,66,69)/t34-,35-,36-,39-,40-,41-,42-,47-,48-,59-/m0/s1. The Morgan fingerprint density at radius 3 is 1.55 bits per heavy atom. The van der Waals surface area contributed by atoms with E-state index in [-0.39, 0.29) is 102 Å². The fourth-order valence-electron chi connectivity index (χ4n) is 10.2. The van der Waals surface area contributed by atoms with Gasteiger partial charge in [-0.25, -0.2) is 0 Å². The van der Waals surface area contributed by atoms with Crippen molar-refractivity contribution in [1.82, 2.24) is 63.4 Å². The summed E-state index contributed by atoms with van der Waals surface area (Å²) in [6, 6.07) is -2.20. The Balaban J connectivity index is 2.64. The molecule has 0 heterocycles. The average molecular weight is 1310 g/mol. The van der Waals surface area contributed by atoms with Gasteiger partial charge in [-0.1, -0.05) is 90.1 Å². The Morgan fingerprint density at radius 1 is 0.620 bits per heavy atom. The zero-order chi connectivity index (χ0) is 69.1. The van der Waals surface area contributed by atoms with Crippen LogP contribution in [0.5, 0.6) is 0 Å². The number of ketones is 1. The van der Waals surface area contributed by atoms with Crippen molar-refractivity contribution in [1.29, 1.82) is 16.2 Å². The van der Waals surface area contributed by atoms with Crippen LogP contribution in [-0.2, 0) is 64.0 Å².